The molecule has 150 valence electrons. The van der Waals surface area contributed by atoms with Gasteiger partial charge >= 0.3 is 5.97 Å². The van der Waals surface area contributed by atoms with Gasteiger partial charge in [0.25, 0.3) is 0 Å². The van der Waals surface area contributed by atoms with Gasteiger partial charge in [-0.05, 0) is 75.6 Å². The Bertz CT molecular complexity index is 1120. The second-order valence-corrected chi connectivity index (χ2v) is 7.54. The summed E-state index contributed by atoms with van der Waals surface area (Å²) < 4.78 is 17.3. The smallest absolute Gasteiger partial charge is 0.343 e. The maximum absolute atomic E-state index is 12.3. The molecule has 0 unspecified atom stereocenters. The molecular weight excluding hydrogens is 444 g/mol. The van der Waals surface area contributed by atoms with Crippen molar-refractivity contribution in [1.29, 1.82) is 0 Å². The van der Waals surface area contributed by atoms with Crippen LogP contribution in [-0.4, -0.2) is 13.1 Å². The van der Waals surface area contributed by atoms with Crippen LogP contribution in [0, 0.1) is 0 Å². The van der Waals surface area contributed by atoms with Gasteiger partial charge in [-0.3, -0.25) is 0 Å². The summed E-state index contributed by atoms with van der Waals surface area (Å²) in [6.45, 7) is 0.486. The van der Waals surface area contributed by atoms with Crippen LogP contribution in [0.5, 0.6) is 11.5 Å². The average Bonchev–Trinajstić information content (AvgIpc) is 3.14. The number of esters is 1. The first-order chi connectivity index (χ1) is 14.6. The molecule has 1 heterocycles. The summed E-state index contributed by atoms with van der Waals surface area (Å²) in [6, 6.07) is 23.1. The van der Waals surface area contributed by atoms with Crippen LogP contribution < -0.4 is 9.47 Å². The molecule has 0 aromatic heterocycles. The Morgan fingerprint density at radius 1 is 1.00 bits per heavy atom. The van der Waals surface area contributed by atoms with Crippen LogP contribution in [0.15, 0.2) is 88.9 Å². The fourth-order valence-electron chi connectivity index (χ4n) is 3.03. The van der Waals surface area contributed by atoms with Gasteiger partial charge in [-0.25, -0.2) is 4.79 Å². The molecule has 0 radical (unpaired) electrons. The Kier molecular flexibility index (Phi) is 6.00. The first kappa shape index (κ1) is 20.0. The summed E-state index contributed by atoms with van der Waals surface area (Å²) in [4.78, 5) is 12.3. The molecule has 30 heavy (non-hydrogen) atoms. The predicted molar refractivity (Wildman–Crippen MR) is 120 cm³/mol. The van der Waals surface area contributed by atoms with Crippen LogP contribution in [0.1, 0.15) is 16.7 Å². The number of halogens is 1. The van der Waals surface area contributed by atoms with Crippen LogP contribution in [0.2, 0.25) is 0 Å². The van der Waals surface area contributed by atoms with E-state index in [9.17, 15) is 4.79 Å². The van der Waals surface area contributed by atoms with E-state index in [-0.39, 0.29) is 5.97 Å². The number of carbonyl (C=O) groups is 1. The van der Waals surface area contributed by atoms with E-state index in [2.05, 4.69) is 15.9 Å². The summed E-state index contributed by atoms with van der Waals surface area (Å²) in [5.41, 5.74) is 3.28. The number of hydrogen-bond acceptors (Lipinski definition) is 4. The molecule has 0 saturated carbocycles. The second-order valence-electron chi connectivity index (χ2n) is 6.69. The van der Waals surface area contributed by atoms with Crippen LogP contribution in [0.25, 0.3) is 11.8 Å². The molecule has 3 aromatic carbocycles. The Labute approximate surface area is 183 Å². The molecule has 0 aliphatic carbocycles. The number of cyclic esters (lactones) is 1. The number of methoxy groups -OCH3 is 1. The van der Waals surface area contributed by atoms with E-state index in [1.807, 2.05) is 72.8 Å². The first-order valence-electron chi connectivity index (χ1n) is 9.38. The van der Waals surface area contributed by atoms with Crippen molar-refractivity contribution in [2.75, 3.05) is 7.11 Å². The van der Waals surface area contributed by atoms with E-state index < -0.39 is 0 Å². The summed E-state index contributed by atoms with van der Waals surface area (Å²) >= 11 is 3.55. The zero-order valence-corrected chi connectivity index (χ0v) is 17.9. The van der Waals surface area contributed by atoms with Crippen LogP contribution in [0.4, 0.5) is 0 Å². The molecule has 4 rings (SSSR count). The Morgan fingerprint density at radius 3 is 2.47 bits per heavy atom. The lowest BCUT2D eigenvalue weighted by Gasteiger charge is -2.09. The van der Waals surface area contributed by atoms with Crippen molar-refractivity contribution in [2.24, 2.45) is 0 Å². The van der Waals surface area contributed by atoms with Gasteiger partial charge in [0.1, 0.15) is 23.9 Å². The molecule has 1 aliphatic heterocycles. The standard InChI is InChI=1S/C25H19BrO4/c1-28-21-10-8-19(9-11-21)24-15-20(25(27)30-24)13-18-7-12-23(22(26)14-18)29-16-17-5-3-2-4-6-17/h2-15H,16H2,1H3/b20-13+. The third kappa shape index (κ3) is 4.63. The lowest BCUT2D eigenvalue weighted by Crippen LogP contribution is -1.98. The van der Waals surface area contributed by atoms with Crippen LogP contribution in [0.3, 0.4) is 0 Å². The highest BCUT2D eigenvalue weighted by Crippen LogP contribution is 2.31. The normalized spacial score (nSPS) is 14.4. The van der Waals surface area contributed by atoms with E-state index >= 15 is 0 Å². The lowest BCUT2D eigenvalue weighted by atomic mass is 10.1. The molecule has 5 heteroatoms. The van der Waals surface area contributed by atoms with Crippen LogP contribution in [-0.2, 0) is 16.1 Å². The largest absolute Gasteiger partial charge is 0.497 e. The minimum atomic E-state index is -0.374. The van der Waals surface area contributed by atoms with E-state index in [1.54, 1.807) is 19.3 Å². The average molecular weight is 463 g/mol. The van der Waals surface area contributed by atoms with Gasteiger partial charge in [-0.15, -0.1) is 0 Å². The number of benzene rings is 3. The number of ether oxygens (including phenoxy) is 3. The van der Waals surface area contributed by atoms with Crippen molar-refractivity contribution in [3.05, 3.63) is 106 Å². The topological polar surface area (TPSA) is 44.8 Å². The molecule has 0 fully saturated rings. The Morgan fingerprint density at radius 2 is 1.77 bits per heavy atom. The second kappa shape index (κ2) is 9.01. The zero-order valence-electron chi connectivity index (χ0n) is 16.3. The van der Waals surface area contributed by atoms with Crippen molar-refractivity contribution in [3.63, 3.8) is 0 Å². The Hall–Kier alpha value is -3.31. The zero-order chi connectivity index (χ0) is 20.9. The highest BCUT2D eigenvalue weighted by atomic mass is 79.9. The third-order valence-electron chi connectivity index (χ3n) is 4.61. The fourth-order valence-corrected chi connectivity index (χ4v) is 3.54. The predicted octanol–water partition coefficient (Wildman–Crippen LogP) is 6.02. The quantitative estimate of drug-likeness (QED) is 0.332. The summed E-state index contributed by atoms with van der Waals surface area (Å²) in [5, 5.41) is 0. The molecule has 3 aromatic rings. The molecule has 0 amide bonds. The SMILES string of the molecule is COc1ccc(C2=C/C(=C\c3ccc(OCc4ccccc4)c(Br)c3)C(=O)O2)cc1. The Balaban J connectivity index is 1.50. The fraction of sp³-hybridized carbons (Fsp3) is 0.0800. The summed E-state index contributed by atoms with van der Waals surface area (Å²) in [7, 11) is 1.61. The number of carbonyl (C=O) groups excluding carboxylic acids is 1. The third-order valence-corrected chi connectivity index (χ3v) is 5.23. The maximum atomic E-state index is 12.3. The van der Waals surface area contributed by atoms with E-state index in [0.29, 0.717) is 17.9 Å². The molecule has 0 N–H and O–H groups in total. The van der Waals surface area contributed by atoms with Crippen molar-refractivity contribution in [2.45, 2.75) is 6.61 Å². The van der Waals surface area contributed by atoms with Gasteiger partial charge < -0.3 is 14.2 Å². The summed E-state index contributed by atoms with van der Waals surface area (Å²) in [5.74, 6) is 1.64. The van der Waals surface area contributed by atoms with Gasteiger partial charge in [-0.1, -0.05) is 36.4 Å². The molecule has 0 saturated heterocycles. The molecule has 4 nitrogen and oxygen atoms in total. The van der Waals surface area contributed by atoms with Gasteiger partial charge in [0.05, 0.1) is 17.2 Å². The van der Waals surface area contributed by atoms with Crippen molar-refractivity contribution in [1.82, 2.24) is 0 Å². The van der Waals surface area contributed by atoms with Gasteiger partial charge in [0.2, 0.25) is 0 Å². The van der Waals surface area contributed by atoms with E-state index in [0.717, 1.165) is 32.7 Å². The molecular formula is C25H19BrO4. The van der Waals surface area contributed by atoms with E-state index in [1.165, 1.54) is 0 Å². The van der Waals surface area contributed by atoms with Gasteiger partial charge in [0, 0.05) is 5.56 Å². The maximum Gasteiger partial charge on any atom is 0.343 e. The molecule has 0 atom stereocenters. The highest BCUT2D eigenvalue weighted by Gasteiger charge is 2.22. The van der Waals surface area contributed by atoms with Crippen molar-refractivity contribution >= 4 is 33.7 Å². The molecule has 0 spiro atoms. The number of rotatable bonds is 6. The van der Waals surface area contributed by atoms with Gasteiger partial charge in [0.15, 0.2) is 0 Å². The summed E-state index contributed by atoms with van der Waals surface area (Å²) in [6.07, 6.45) is 3.54. The first-order valence-corrected chi connectivity index (χ1v) is 10.2. The lowest BCUT2D eigenvalue weighted by molar-refractivity contribution is -0.130. The van der Waals surface area contributed by atoms with Crippen molar-refractivity contribution in [3.8, 4) is 11.5 Å². The highest BCUT2D eigenvalue weighted by molar-refractivity contribution is 9.10. The minimum absolute atomic E-state index is 0.374. The van der Waals surface area contributed by atoms with Crippen LogP contribution >= 0.6 is 15.9 Å². The van der Waals surface area contributed by atoms with Crippen molar-refractivity contribution < 1.29 is 19.0 Å². The molecule has 1 aliphatic rings. The van der Waals surface area contributed by atoms with E-state index in [4.69, 9.17) is 14.2 Å². The monoisotopic (exact) mass is 462 g/mol. The minimum Gasteiger partial charge on any atom is -0.497 e. The molecule has 0 bridgehead atoms. The number of hydrogen-bond donors (Lipinski definition) is 0. The van der Waals surface area contributed by atoms with Gasteiger partial charge in [-0.2, -0.15) is 0 Å².